The topological polar surface area (TPSA) is 98.1 Å². The molecule has 0 atom stereocenters. The normalized spacial score (nSPS) is 13.6. The first-order valence-electron chi connectivity index (χ1n) is 14.8. The van der Waals surface area contributed by atoms with E-state index in [1.807, 2.05) is 42.6 Å². The molecule has 0 aliphatic carbocycles. The summed E-state index contributed by atoms with van der Waals surface area (Å²) >= 11 is 0. The summed E-state index contributed by atoms with van der Waals surface area (Å²) in [5, 5.41) is 5.67. The number of anilines is 1. The molecule has 8 nitrogen and oxygen atoms in total. The summed E-state index contributed by atoms with van der Waals surface area (Å²) in [6.07, 6.45) is 2.96. The molecule has 2 aromatic heterocycles. The van der Waals surface area contributed by atoms with Crippen LogP contribution < -0.4 is 10.6 Å². The second-order valence-corrected chi connectivity index (χ2v) is 17.5. The standard InChI is InChI=1S/C33H41N5O3Si/c1-20(2)42(21(3)4,22(5)6)41-19-26-16-24(14-15-35-26)32-37-29-18-25(33(40)34-7)8-12-30(29)38(32)27-10-11-28-23(17-27)9-13-31(39)36-28/h8,10-12,14-18,20-22H,9,13,19H2,1-7H3,(H,34,40)(H,36,39). The van der Waals surface area contributed by atoms with Crippen LogP contribution in [-0.4, -0.2) is 41.7 Å². The number of rotatable bonds is 9. The fourth-order valence-electron chi connectivity index (χ4n) is 6.72. The molecule has 42 heavy (non-hydrogen) atoms. The van der Waals surface area contributed by atoms with Crippen molar-refractivity contribution in [2.75, 3.05) is 12.4 Å². The van der Waals surface area contributed by atoms with Crippen molar-refractivity contribution >= 4 is 36.9 Å². The van der Waals surface area contributed by atoms with Crippen molar-refractivity contribution in [1.29, 1.82) is 0 Å². The Morgan fingerprint density at radius 3 is 2.43 bits per heavy atom. The van der Waals surface area contributed by atoms with Crippen LogP contribution >= 0.6 is 0 Å². The summed E-state index contributed by atoms with van der Waals surface area (Å²) < 4.78 is 8.98. The highest BCUT2D eigenvalue weighted by molar-refractivity contribution is 6.77. The maximum atomic E-state index is 12.4. The third-order valence-corrected chi connectivity index (χ3v) is 14.7. The Labute approximate surface area is 249 Å². The van der Waals surface area contributed by atoms with Gasteiger partial charge in [-0.1, -0.05) is 41.5 Å². The van der Waals surface area contributed by atoms with Gasteiger partial charge in [0, 0.05) is 42.2 Å². The summed E-state index contributed by atoms with van der Waals surface area (Å²) in [5.74, 6) is 0.633. The van der Waals surface area contributed by atoms with Gasteiger partial charge in [0.05, 0.1) is 23.3 Å². The molecule has 4 aromatic rings. The molecule has 0 spiro atoms. The summed E-state index contributed by atoms with van der Waals surface area (Å²) in [7, 11) is -0.442. The number of benzene rings is 2. The number of nitrogens with zero attached hydrogens (tertiary/aromatic N) is 3. The van der Waals surface area contributed by atoms with Gasteiger partial charge in [-0.25, -0.2) is 4.98 Å². The van der Waals surface area contributed by atoms with Gasteiger partial charge >= 0.3 is 0 Å². The van der Waals surface area contributed by atoms with E-state index < -0.39 is 8.32 Å². The van der Waals surface area contributed by atoms with Crippen molar-refractivity contribution in [1.82, 2.24) is 19.9 Å². The molecule has 0 fully saturated rings. The smallest absolute Gasteiger partial charge is 0.251 e. The molecule has 3 heterocycles. The maximum Gasteiger partial charge on any atom is 0.251 e. The van der Waals surface area contributed by atoms with Crippen LogP contribution in [0.4, 0.5) is 5.69 Å². The van der Waals surface area contributed by atoms with Crippen LogP contribution in [-0.2, 0) is 22.2 Å². The lowest BCUT2D eigenvalue weighted by molar-refractivity contribution is -0.116. The van der Waals surface area contributed by atoms with Crippen LogP contribution in [0.15, 0.2) is 54.7 Å². The molecule has 0 bridgehead atoms. The predicted molar refractivity (Wildman–Crippen MR) is 170 cm³/mol. The Hall–Kier alpha value is -3.82. The first kappa shape index (κ1) is 29.7. The Balaban J connectivity index is 1.60. The summed E-state index contributed by atoms with van der Waals surface area (Å²) in [6.45, 7) is 14.2. The number of pyridine rings is 1. The number of carbonyl (C=O) groups is 2. The van der Waals surface area contributed by atoms with Crippen LogP contribution in [0.3, 0.4) is 0 Å². The highest BCUT2D eigenvalue weighted by Gasteiger charge is 2.45. The van der Waals surface area contributed by atoms with Gasteiger partial charge in [0.1, 0.15) is 5.82 Å². The average molecular weight is 584 g/mol. The molecule has 220 valence electrons. The van der Waals surface area contributed by atoms with Crippen LogP contribution in [0.5, 0.6) is 0 Å². The van der Waals surface area contributed by atoms with Crippen LogP contribution in [0.2, 0.25) is 16.6 Å². The van der Waals surface area contributed by atoms with Crippen molar-refractivity contribution < 1.29 is 14.0 Å². The molecule has 0 radical (unpaired) electrons. The largest absolute Gasteiger partial charge is 0.410 e. The molecular formula is C33H41N5O3Si. The molecule has 0 saturated carbocycles. The van der Waals surface area contributed by atoms with E-state index in [4.69, 9.17) is 9.41 Å². The zero-order chi connectivity index (χ0) is 30.2. The van der Waals surface area contributed by atoms with Gasteiger partial charge < -0.3 is 15.1 Å². The number of hydrogen-bond acceptors (Lipinski definition) is 5. The van der Waals surface area contributed by atoms with Gasteiger partial charge in [0.25, 0.3) is 5.91 Å². The Bertz CT molecular complexity index is 1620. The van der Waals surface area contributed by atoms with Gasteiger partial charge in [-0.2, -0.15) is 0 Å². The van der Waals surface area contributed by atoms with Gasteiger partial charge in [0.15, 0.2) is 0 Å². The number of fused-ring (bicyclic) bond motifs is 2. The Kier molecular flexibility index (Phi) is 8.34. The van der Waals surface area contributed by atoms with Gasteiger partial charge in [-0.3, -0.25) is 19.1 Å². The second-order valence-electron chi connectivity index (χ2n) is 12.1. The number of carbonyl (C=O) groups excluding carboxylic acids is 2. The molecule has 9 heteroatoms. The summed E-state index contributed by atoms with van der Waals surface area (Å²) in [5.41, 5.74) is 8.25. The molecule has 1 aliphatic rings. The van der Waals surface area contributed by atoms with Crippen molar-refractivity contribution in [3.63, 3.8) is 0 Å². The quantitative estimate of drug-likeness (QED) is 0.206. The van der Waals surface area contributed by atoms with Crippen molar-refractivity contribution in [3.8, 4) is 17.1 Å². The van der Waals surface area contributed by atoms with Gasteiger partial charge in [-0.15, -0.1) is 0 Å². The first-order chi connectivity index (χ1) is 20.0. The highest BCUT2D eigenvalue weighted by atomic mass is 28.4. The second kappa shape index (κ2) is 11.8. The van der Waals surface area contributed by atoms with E-state index >= 15 is 0 Å². The number of hydrogen-bond donors (Lipinski definition) is 2. The van der Waals surface area contributed by atoms with Crippen LogP contribution in [0, 0.1) is 0 Å². The number of imidazole rings is 1. The summed E-state index contributed by atoms with van der Waals surface area (Å²) in [6, 6.07) is 15.7. The van der Waals surface area contributed by atoms with Gasteiger partial charge in [-0.05, 0) is 77.1 Å². The zero-order valence-corrected chi connectivity index (χ0v) is 26.6. The molecule has 0 unspecified atom stereocenters. The molecule has 5 rings (SSSR count). The average Bonchev–Trinajstić information content (AvgIpc) is 3.35. The molecule has 1 aliphatic heterocycles. The minimum atomic E-state index is -2.07. The number of aryl methyl sites for hydroxylation is 1. The molecule has 2 aromatic carbocycles. The predicted octanol–water partition coefficient (Wildman–Crippen LogP) is 7.02. The van der Waals surface area contributed by atoms with E-state index in [-0.39, 0.29) is 11.8 Å². The van der Waals surface area contributed by atoms with Crippen molar-refractivity contribution in [2.24, 2.45) is 0 Å². The van der Waals surface area contributed by atoms with E-state index in [2.05, 4.69) is 73.9 Å². The molecular weight excluding hydrogens is 542 g/mol. The van der Waals surface area contributed by atoms with E-state index in [0.717, 1.165) is 45.1 Å². The SMILES string of the molecule is CNC(=O)c1ccc2c(c1)nc(-c1ccnc(CO[Si](C(C)C)(C(C)C)C(C)C)c1)n2-c1ccc2c(c1)CCC(=O)N2. The third-order valence-electron chi connectivity index (χ3n) is 8.64. The number of aromatic nitrogens is 3. The number of amides is 2. The highest BCUT2D eigenvalue weighted by Crippen LogP contribution is 2.43. The van der Waals surface area contributed by atoms with Crippen LogP contribution in [0.1, 0.15) is 69.6 Å². The van der Waals surface area contributed by atoms with E-state index in [1.165, 1.54) is 0 Å². The Morgan fingerprint density at radius 2 is 1.74 bits per heavy atom. The zero-order valence-electron chi connectivity index (χ0n) is 25.6. The lowest BCUT2D eigenvalue weighted by Gasteiger charge is -2.42. The monoisotopic (exact) mass is 583 g/mol. The molecule has 2 amide bonds. The molecule has 0 saturated heterocycles. The maximum absolute atomic E-state index is 12.4. The van der Waals surface area contributed by atoms with Gasteiger partial charge in [0.2, 0.25) is 14.2 Å². The lowest BCUT2D eigenvalue weighted by atomic mass is 10.0. The fourth-order valence-corrected chi connectivity index (χ4v) is 12.1. The lowest BCUT2D eigenvalue weighted by Crippen LogP contribution is -2.47. The molecule has 2 N–H and O–H groups in total. The van der Waals surface area contributed by atoms with Crippen LogP contribution in [0.25, 0.3) is 28.1 Å². The Morgan fingerprint density at radius 1 is 1.00 bits per heavy atom. The summed E-state index contributed by atoms with van der Waals surface area (Å²) in [4.78, 5) is 34.1. The number of nitrogens with one attached hydrogen (secondary N) is 2. The minimum Gasteiger partial charge on any atom is -0.410 e. The minimum absolute atomic E-state index is 0.0387. The third kappa shape index (κ3) is 5.38. The van der Waals surface area contributed by atoms with E-state index in [9.17, 15) is 9.59 Å². The fraction of sp³-hybridized carbons (Fsp3) is 0.394. The first-order valence-corrected chi connectivity index (χ1v) is 17.0. The van der Waals surface area contributed by atoms with E-state index in [0.29, 0.717) is 41.6 Å². The van der Waals surface area contributed by atoms with E-state index in [1.54, 1.807) is 7.05 Å². The van der Waals surface area contributed by atoms with Crippen molar-refractivity contribution in [2.45, 2.75) is 77.6 Å². The van der Waals surface area contributed by atoms with Crippen molar-refractivity contribution in [3.05, 3.63) is 71.5 Å².